The Labute approximate surface area is 126 Å². The first-order chi connectivity index (χ1) is 9.20. The number of rotatable bonds is 4. The van der Waals surface area contributed by atoms with Gasteiger partial charge in [0.25, 0.3) is 0 Å². The van der Waals surface area contributed by atoms with Gasteiger partial charge in [-0.1, -0.05) is 28.8 Å². The number of halogens is 1. The van der Waals surface area contributed by atoms with Gasteiger partial charge in [-0.05, 0) is 33.2 Å². The van der Waals surface area contributed by atoms with Gasteiger partial charge in [-0.15, -0.1) is 0 Å². The molecule has 4 heteroatoms. The average Bonchev–Trinajstić information content (AvgIpc) is 2.64. The van der Waals surface area contributed by atoms with Crippen LogP contribution in [0.25, 0.3) is 0 Å². The Morgan fingerprint density at radius 1 is 1.21 bits per heavy atom. The van der Waals surface area contributed by atoms with E-state index in [1.807, 2.05) is 0 Å². The number of likely N-dealkylation sites (tertiary alicyclic amines) is 1. The first kappa shape index (κ1) is 15.7. The minimum atomic E-state index is 0.399. The summed E-state index contributed by atoms with van der Waals surface area (Å²) in [6, 6.07) is 1.35. The first-order valence-corrected chi connectivity index (χ1v) is 8.98. The van der Waals surface area contributed by atoms with E-state index in [-0.39, 0.29) is 0 Å². The highest BCUT2D eigenvalue weighted by Gasteiger charge is 2.27. The Morgan fingerprint density at radius 2 is 2.05 bits per heavy atom. The van der Waals surface area contributed by atoms with Crippen molar-refractivity contribution >= 4 is 15.9 Å². The fourth-order valence-electron chi connectivity index (χ4n) is 3.24. The average molecular weight is 333 g/mol. The summed E-state index contributed by atoms with van der Waals surface area (Å²) in [6.07, 6.45) is 5.87. The van der Waals surface area contributed by atoms with Gasteiger partial charge in [0, 0.05) is 37.0 Å². The Morgan fingerprint density at radius 3 is 2.79 bits per heavy atom. The molecule has 0 aromatic carbocycles. The van der Waals surface area contributed by atoms with Crippen LogP contribution in [-0.2, 0) is 4.74 Å². The second-order valence-electron chi connectivity index (χ2n) is 6.23. The summed E-state index contributed by atoms with van der Waals surface area (Å²) < 4.78 is 6.00. The number of hydrogen-bond donors (Lipinski definition) is 0. The lowest BCUT2D eigenvalue weighted by Crippen LogP contribution is -2.51. The maximum atomic E-state index is 6.00. The zero-order chi connectivity index (χ0) is 13.7. The third-order valence-corrected chi connectivity index (χ3v) is 5.26. The van der Waals surface area contributed by atoms with Crippen molar-refractivity contribution in [1.82, 2.24) is 9.80 Å². The van der Waals surface area contributed by atoms with Gasteiger partial charge < -0.3 is 4.74 Å². The van der Waals surface area contributed by atoms with E-state index >= 15 is 0 Å². The van der Waals surface area contributed by atoms with Gasteiger partial charge in [-0.3, -0.25) is 9.80 Å². The quantitative estimate of drug-likeness (QED) is 0.736. The molecule has 2 saturated heterocycles. The molecule has 0 aromatic rings. The highest BCUT2D eigenvalue weighted by molar-refractivity contribution is 9.09. The van der Waals surface area contributed by atoms with Crippen LogP contribution in [0.15, 0.2) is 0 Å². The van der Waals surface area contributed by atoms with Crippen molar-refractivity contribution in [2.45, 2.75) is 57.7 Å². The monoisotopic (exact) mass is 332 g/mol. The van der Waals surface area contributed by atoms with Crippen molar-refractivity contribution in [3.05, 3.63) is 0 Å². The van der Waals surface area contributed by atoms with E-state index in [0.717, 1.165) is 31.6 Å². The zero-order valence-corrected chi connectivity index (χ0v) is 14.1. The Hall–Kier alpha value is 0.360. The molecule has 2 fully saturated rings. The fraction of sp³-hybridized carbons (Fsp3) is 1.00. The molecule has 19 heavy (non-hydrogen) atoms. The lowest BCUT2D eigenvalue weighted by Gasteiger charge is -2.39. The van der Waals surface area contributed by atoms with E-state index in [4.69, 9.17) is 4.74 Å². The van der Waals surface area contributed by atoms with E-state index < -0.39 is 0 Å². The van der Waals surface area contributed by atoms with Gasteiger partial charge in [-0.25, -0.2) is 0 Å². The maximum Gasteiger partial charge on any atom is 0.0829 e. The van der Waals surface area contributed by atoms with Crippen LogP contribution in [0.4, 0.5) is 0 Å². The summed E-state index contributed by atoms with van der Waals surface area (Å²) in [5.74, 6) is 0. The predicted molar refractivity (Wildman–Crippen MR) is 84.1 cm³/mol. The molecule has 2 unspecified atom stereocenters. The van der Waals surface area contributed by atoms with Crippen LogP contribution >= 0.6 is 15.9 Å². The molecular weight excluding hydrogens is 304 g/mol. The summed E-state index contributed by atoms with van der Waals surface area (Å²) in [6.45, 7) is 10.0. The van der Waals surface area contributed by atoms with E-state index in [9.17, 15) is 0 Å². The van der Waals surface area contributed by atoms with Crippen molar-refractivity contribution in [3.8, 4) is 0 Å². The minimum absolute atomic E-state index is 0.399. The van der Waals surface area contributed by atoms with E-state index in [1.54, 1.807) is 0 Å². The van der Waals surface area contributed by atoms with Crippen molar-refractivity contribution < 1.29 is 4.74 Å². The van der Waals surface area contributed by atoms with Crippen LogP contribution in [0.3, 0.4) is 0 Å². The van der Waals surface area contributed by atoms with Crippen LogP contribution in [-0.4, -0.2) is 66.1 Å². The fourth-order valence-corrected chi connectivity index (χ4v) is 3.97. The van der Waals surface area contributed by atoms with Gasteiger partial charge >= 0.3 is 0 Å². The van der Waals surface area contributed by atoms with Crippen LogP contribution in [0.2, 0.25) is 0 Å². The van der Waals surface area contributed by atoms with Gasteiger partial charge in [-0.2, -0.15) is 0 Å². The molecule has 2 aliphatic heterocycles. The number of hydrogen-bond acceptors (Lipinski definition) is 3. The Balaban J connectivity index is 1.87. The van der Waals surface area contributed by atoms with Crippen LogP contribution in [0, 0.1) is 0 Å². The van der Waals surface area contributed by atoms with Crippen LogP contribution < -0.4 is 0 Å². The number of alkyl halides is 1. The highest BCUT2D eigenvalue weighted by atomic mass is 79.9. The van der Waals surface area contributed by atoms with Crippen molar-refractivity contribution in [1.29, 1.82) is 0 Å². The molecule has 0 saturated carbocycles. The number of nitrogens with zero attached hydrogens (tertiary/aromatic N) is 2. The SMILES string of the molecule is CC(C)N1CCOC(CN2CCCCCC2CBr)C1. The minimum Gasteiger partial charge on any atom is -0.374 e. The molecule has 0 aliphatic carbocycles. The molecule has 0 N–H and O–H groups in total. The van der Waals surface area contributed by atoms with Crippen molar-refractivity contribution in [2.75, 3.05) is 38.1 Å². The first-order valence-electron chi connectivity index (χ1n) is 7.86. The van der Waals surface area contributed by atoms with Gasteiger partial charge in [0.05, 0.1) is 12.7 Å². The second-order valence-corrected chi connectivity index (χ2v) is 6.88. The maximum absolute atomic E-state index is 6.00. The molecule has 0 amide bonds. The highest BCUT2D eigenvalue weighted by Crippen LogP contribution is 2.20. The third kappa shape index (κ3) is 4.69. The number of morpholine rings is 1. The molecule has 0 bridgehead atoms. The molecule has 112 valence electrons. The molecule has 0 spiro atoms. The molecule has 2 atom stereocenters. The van der Waals surface area contributed by atoms with E-state index in [1.165, 1.54) is 32.2 Å². The topological polar surface area (TPSA) is 15.7 Å². The Kier molecular flexibility index (Phi) is 6.60. The normalized spacial score (nSPS) is 31.6. The molecule has 0 radical (unpaired) electrons. The molecule has 2 aliphatic rings. The van der Waals surface area contributed by atoms with Crippen molar-refractivity contribution in [3.63, 3.8) is 0 Å². The lowest BCUT2D eigenvalue weighted by atomic mass is 10.1. The Bertz CT molecular complexity index is 263. The largest absolute Gasteiger partial charge is 0.374 e. The van der Waals surface area contributed by atoms with Crippen LogP contribution in [0.5, 0.6) is 0 Å². The summed E-state index contributed by atoms with van der Waals surface area (Å²) in [4.78, 5) is 5.21. The summed E-state index contributed by atoms with van der Waals surface area (Å²) >= 11 is 3.69. The molecular formula is C15H29BrN2O. The molecule has 2 heterocycles. The molecule has 0 aromatic heterocycles. The summed E-state index contributed by atoms with van der Waals surface area (Å²) in [7, 11) is 0. The smallest absolute Gasteiger partial charge is 0.0829 e. The third-order valence-electron chi connectivity index (χ3n) is 4.52. The van der Waals surface area contributed by atoms with Crippen molar-refractivity contribution in [2.24, 2.45) is 0 Å². The van der Waals surface area contributed by atoms with E-state index in [2.05, 4.69) is 39.6 Å². The van der Waals surface area contributed by atoms with Crippen LogP contribution in [0.1, 0.15) is 39.5 Å². The summed E-state index contributed by atoms with van der Waals surface area (Å²) in [5.41, 5.74) is 0. The predicted octanol–water partition coefficient (Wildman–Crippen LogP) is 2.74. The standard InChI is InChI=1S/C15H29BrN2O/c1-13(2)17-8-9-19-15(11-17)12-18-7-5-3-4-6-14(18)10-16/h13-15H,3-12H2,1-2H3. The van der Waals surface area contributed by atoms with Gasteiger partial charge in [0.2, 0.25) is 0 Å². The molecule has 3 nitrogen and oxygen atoms in total. The van der Waals surface area contributed by atoms with Gasteiger partial charge in [0.15, 0.2) is 0 Å². The summed E-state index contributed by atoms with van der Waals surface area (Å²) in [5, 5.41) is 1.10. The number of ether oxygens (including phenoxy) is 1. The second kappa shape index (κ2) is 7.96. The lowest BCUT2D eigenvalue weighted by molar-refractivity contribution is -0.0555. The van der Waals surface area contributed by atoms with Gasteiger partial charge in [0.1, 0.15) is 0 Å². The molecule has 2 rings (SSSR count). The van der Waals surface area contributed by atoms with E-state index in [0.29, 0.717) is 18.2 Å². The zero-order valence-electron chi connectivity index (χ0n) is 12.5.